The Kier molecular flexibility index (Phi) is 5.65. The second-order valence-corrected chi connectivity index (χ2v) is 7.86. The molecule has 5 heteroatoms. The quantitative estimate of drug-likeness (QED) is 0.320. The third-order valence-corrected chi connectivity index (χ3v) is 5.25. The fourth-order valence-electron chi connectivity index (χ4n) is 3.49. The molecule has 0 saturated heterocycles. The molecule has 0 bridgehead atoms. The van der Waals surface area contributed by atoms with E-state index in [1.807, 2.05) is 62.1 Å². The van der Waals surface area contributed by atoms with Crippen molar-refractivity contribution in [2.24, 2.45) is 0 Å². The summed E-state index contributed by atoms with van der Waals surface area (Å²) in [5, 5.41) is 31.1. The lowest BCUT2D eigenvalue weighted by atomic mass is 10.1. The van der Waals surface area contributed by atoms with Crippen molar-refractivity contribution in [2.45, 2.75) is 20.8 Å². The number of nitrogens with zero attached hydrogens (tertiary/aromatic N) is 1. The van der Waals surface area contributed by atoms with Crippen LogP contribution in [0.2, 0.25) is 0 Å². The van der Waals surface area contributed by atoms with E-state index in [-0.39, 0.29) is 17.2 Å². The highest BCUT2D eigenvalue weighted by Crippen LogP contribution is 2.44. The van der Waals surface area contributed by atoms with Gasteiger partial charge < -0.3 is 25.0 Å². The number of aryl methyl sites for hydroxylation is 3. The molecule has 0 unspecified atom stereocenters. The highest BCUT2D eigenvalue weighted by molar-refractivity contribution is 5.83. The van der Waals surface area contributed by atoms with Crippen molar-refractivity contribution in [3.63, 3.8) is 0 Å². The number of phenols is 3. The Morgan fingerprint density at radius 3 is 1.62 bits per heavy atom. The lowest BCUT2D eigenvalue weighted by molar-refractivity contribution is 0.452. The summed E-state index contributed by atoms with van der Waals surface area (Å²) in [7, 11) is 0. The predicted octanol–water partition coefficient (Wildman–Crippen LogP) is 6.99. The number of benzene rings is 4. The first-order valence-corrected chi connectivity index (χ1v) is 10.3. The first-order valence-electron chi connectivity index (χ1n) is 10.3. The summed E-state index contributed by atoms with van der Waals surface area (Å²) >= 11 is 0. The maximum absolute atomic E-state index is 10.6. The minimum atomic E-state index is 0.104. The summed E-state index contributed by atoms with van der Waals surface area (Å²) in [6.07, 6.45) is 0. The molecular formula is C27H25NO4. The van der Waals surface area contributed by atoms with Gasteiger partial charge in [0.05, 0.1) is 11.4 Å². The van der Waals surface area contributed by atoms with E-state index in [1.54, 1.807) is 42.5 Å². The summed E-state index contributed by atoms with van der Waals surface area (Å²) in [4.78, 5) is 1.81. The van der Waals surface area contributed by atoms with Gasteiger partial charge >= 0.3 is 0 Å². The molecule has 0 fully saturated rings. The van der Waals surface area contributed by atoms with Crippen LogP contribution in [0.25, 0.3) is 0 Å². The molecule has 0 aromatic heterocycles. The average Bonchev–Trinajstić information content (AvgIpc) is 2.77. The van der Waals surface area contributed by atoms with Gasteiger partial charge in [0.25, 0.3) is 0 Å². The number of phenolic OH excluding ortho intramolecular Hbond substituents is 3. The highest BCUT2D eigenvalue weighted by atomic mass is 16.5. The summed E-state index contributed by atoms with van der Waals surface area (Å²) in [6, 6.07) is 23.2. The molecule has 0 radical (unpaired) electrons. The van der Waals surface area contributed by atoms with Gasteiger partial charge in [-0.15, -0.1) is 0 Å². The summed E-state index contributed by atoms with van der Waals surface area (Å²) in [5.74, 6) is 1.51. The molecule has 4 aromatic rings. The maximum Gasteiger partial charge on any atom is 0.139 e. The first kappa shape index (κ1) is 21.1. The van der Waals surface area contributed by atoms with Gasteiger partial charge in [-0.25, -0.2) is 0 Å². The summed E-state index contributed by atoms with van der Waals surface area (Å²) < 4.78 is 5.87. The molecule has 0 aliphatic heterocycles. The van der Waals surface area contributed by atoms with Crippen LogP contribution in [0.5, 0.6) is 28.7 Å². The van der Waals surface area contributed by atoms with Crippen LogP contribution in [0.1, 0.15) is 16.7 Å². The van der Waals surface area contributed by atoms with Crippen molar-refractivity contribution >= 4 is 17.1 Å². The van der Waals surface area contributed by atoms with Crippen molar-refractivity contribution < 1.29 is 20.1 Å². The zero-order valence-electron chi connectivity index (χ0n) is 18.2. The number of rotatable bonds is 5. The molecule has 4 rings (SSSR count). The largest absolute Gasteiger partial charge is 0.508 e. The van der Waals surface area contributed by atoms with E-state index in [0.717, 1.165) is 22.4 Å². The van der Waals surface area contributed by atoms with E-state index < -0.39 is 0 Å². The molecule has 32 heavy (non-hydrogen) atoms. The van der Waals surface area contributed by atoms with Gasteiger partial charge in [-0.2, -0.15) is 0 Å². The predicted molar refractivity (Wildman–Crippen MR) is 127 cm³/mol. The fourth-order valence-corrected chi connectivity index (χ4v) is 3.49. The van der Waals surface area contributed by atoms with Crippen LogP contribution < -0.4 is 9.64 Å². The van der Waals surface area contributed by atoms with Crippen molar-refractivity contribution in [2.75, 3.05) is 4.90 Å². The van der Waals surface area contributed by atoms with Gasteiger partial charge in [-0.3, -0.25) is 0 Å². The van der Waals surface area contributed by atoms with Crippen LogP contribution in [0.4, 0.5) is 17.1 Å². The van der Waals surface area contributed by atoms with Gasteiger partial charge in [0.1, 0.15) is 28.7 Å². The molecule has 0 saturated carbocycles. The van der Waals surface area contributed by atoms with Gasteiger partial charge in [-0.05, 0) is 92.1 Å². The van der Waals surface area contributed by atoms with Crippen molar-refractivity contribution in [1.82, 2.24) is 0 Å². The smallest absolute Gasteiger partial charge is 0.139 e. The Labute approximate surface area is 187 Å². The Hall–Kier alpha value is -4.12. The SMILES string of the molecule is Cc1ccc(O)c(N(c2ccc(Oc3ccc(C)c(O)c3)cc2)c2cc(C)ccc2O)c1. The second kappa shape index (κ2) is 8.55. The van der Waals surface area contributed by atoms with E-state index in [9.17, 15) is 15.3 Å². The molecule has 0 aliphatic rings. The van der Waals surface area contributed by atoms with E-state index in [2.05, 4.69) is 0 Å². The third kappa shape index (κ3) is 4.32. The Balaban J connectivity index is 1.75. The minimum absolute atomic E-state index is 0.104. The molecule has 4 aromatic carbocycles. The molecule has 3 N–H and O–H groups in total. The van der Waals surface area contributed by atoms with Crippen molar-refractivity contribution in [3.05, 3.63) is 95.6 Å². The molecule has 0 heterocycles. The van der Waals surface area contributed by atoms with Crippen LogP contribution in [-0.2, 0) is 0 Å². The lowest BCUT2D eigenvalue weighted by Gasteiger charge is -2.27. The molecule has 5 nitrogen and oxygen atoms in total. The van der Waals surface area contributed by atoms with E-state index in [0.29, 0.717) is 22.9 Å². The number of aromatic hydroxyl groups is 3. The molecule has 0 spiro atoms. The zero-order chi connectivity index (χ0) is 22.8. The average molecular weight is 428 g/mol. The normalized spacial score (nSPS) is 10.7. The monoisotopic (exact) mass is 427 g/mol. The van der Waals surface area contributed by atoms with Crippen LogP contribution in [0.3, 0.4) is 0 Å². The fraction of sp³-hybridized carbons (Fsp3) is 0.111. The second-order valence-electron chi connectivity index (χ2n) is 7.86. The number of hydrogen-bond donors (Lipinski definition) is 3. The summed E-state index contributed by atoms with van der Waals surface area (Å²) in [6.45, 7) is 5.72. The summed E-state index contributed by atoms with van der Waals surface area (Å²) in [5.41, 5.74) is 4.60. The van der Waals surface area contributed by atoms with E-state index in [4.69, 9.17) is 4.74 Å². The Morgan fingerprint density at radius 2 is 1.09 bits per heavy atom. The van der Waals surface area contributed by atoms with Gasteiger partial charge in [0, 0.05) is 11.8 Å². The van der Waals surface area contributed by atoms with Crippen LogP contribution in [0.15, 0.2) is 78.9 Å². The molecule has 0 atom stereocenters. The van der Waals surface area contributed by atoms with Crippen LogP contribution in [0, 0.1) is 20.8 Å². The number of anilines is 3. The standard InChI is InChI=1S/C27H25NO4/c1-17-4-12-25(29)23(14-17)28(24-15-18(2)5-13-26(24)30)20-7-10-21(11-8-20)32-22-9-6-19(3)27(31)16-22/h4-16,29-31H,1-3H3. The molecule has 162 valence electrons. The maximum atomic E-state index is 10.6. The van der Waals surface area contributed by atoms with Gasteiger partial charge in [0.15, 0.2) is 0 Å². The van der Waals surface area contributed by atoms with E-state index >= 15 is 0 Å². The number of hydrogen-bond acceptors (Lipinski definition) is 5. The Bertz CT molecular complexity index is 1210. The number of ether oxygens (including phenoxy) is 1. The third-order valence-electron chi connectivity index (χ3n) is 5.25. The minimum Gasteiger partial charge on any atom is -0.508 e. The van der Waals surface area contributed by atoms with Crippen molar-refractivity contribution in [3.8, 4) is 28.7 Å². The van der Waals surface area contributed by atoms with Crippen LogP contribution >= 0.6 is 0 Å². The lowest BCUT2D eigenvalue weighted by Crippen LogP contribution is -2.11. The van der Waals surface area contributed by atoms with Crippen molar-refractivity contribution in [1.29, 1.82) is 0 Å². The van der Waals surface area contributed by atoms with Gasteiger partial charge in [0.2, 0.25) is 0 Å². The molecular weight excluding hydrogens is 402 g/mol. The molecule has 0 aliphatic carbocycles. The topological polar surface area (TPSA) is 73.2 Å². The zero-order valence-corrected chi connectivity index (χ0v) is 18.2. The first-order chi connectivity index (χ1) is 15.3. The molecule has 0 amide bonds. The van der Waals surface area contributed by atoms with E-state index in [1.165, 1.54) is 0 Å². The Morgan fingerprint density at radius 1 is 0.562 bits per heavy atom. The van der Waals surface area contributed by atoms with Crippen LogP contribution in [-0.4, -0.2) is 15.3 Å². The highest BCUT2D eigenvalue weighted by Gasteiger charge is 2.19. The van der Waals surface area contributed by atoms with Gasteiger partial charge in [-0.1, -0.05) is 18.2 Å².